The number of benzene rings is 1. The molecule has 0 amide bonds. The highest BCUT2D eigenvalue weighted by Crippen LogP contribution is 2.21. The highest BCUT2D eigenvalue weighted by molar-refractivity contribution is 5.84. The van der Waals surface area contributed by atoms with E-state index in [0.29, 0.717) is 0 Å². The van der Waals surface area contributed by atoms with E-state index in [0.717, 1.165) is 12.1 Å². The summed E-state index contributed by atoms with van der Waals surface area (Å²) in [5.74, 6) is 0. The number of nitrogens with zero attached hydrogens (tertiary/aromatic N) is 1. The number of unbranched alkanes of at least 4 members (excludes halogenated alkanes) is 1. The minimum atomic E-state index is 1.02. The van der Waals surface area contributed by atoms with Gasteiger partial charge in [0.15, 0.2) is 0 Å². The largest absolute Gasteiger partial charge is 0.258 e. The molecule has 0 aliphatic heterocycles. The molecule has 0 heterocycles. The monoisotopic (exact) mass is 415 g/mol. The Morgan fingerprint density at radius 2 is 1.27 bits per heavy atom. The first-order valence-corrected chi connectivity index (χ1v) is 11.6. The fourth-order valence-electron chi connectivity index (χ4n) is 1.47. The summed E-state index contributed by atoms with van der Waals surface area (Å²) in [5, 5.41) is 0. The number of hydrogen-bond donors (Lipinski definition) is 0. The number of rotatable bonds is 4. The number of aliphatic imine (C=N–C) groups is 1. The second kappa shape index (κ2) is 27.1. The first-order chi connectivity index (χ1) is 14.1. The van der Waals surface area contributed by atoms with E-state index in [2.05, 4.69) is 111 Å². The van der Waals surface area contributed by atoms with Crippen molar-refractivity contribution in [3.05, 3.63) is 65.3 Å². The molecule has 1 aromatic rings. The van der Waals surface area contributed by atoms with Crippen molar-refractivity contribution in [3.8, 4) is 0 Å². The van der Waals surface area contributed by atoms with Crippen LogP contribution in [0.2, 0.25) is 0 Å². The molecule has 0 aromatic heterocycles. The summed E-state index contributed by atoms with van der Waals surface area (Å²) in [6.45, 7) is 30.4. The first-order valence-electron chi connectivity index (χ1n) is 11.6. The van der Waals surface area contributed by atoms with Crippen molar-refractivity contribution in [1.82, 2.24) is 0 Å². The van der Waals surface area contributed by atoms with Crippen LogP contribution in [0.3, 0.4) is 0 Å². The molecule has 0 aliphatic carbocycles. The third-order valence-corrected chi connectivity index (χ3v) is 3.65. The van der Waals surface area contributed by atoms with Gasteiger partial charge in [-0.1, -0.05) is 89.0 Å². The molecule has 0 radical (unpaired) electrons. The third-order valence-electron chi connectivity index (χ3n) is 3.65. The van der Waals surface area contributed by atoms with Gasteiger partial charge in [-0.3, -0.25) is 4.99 Å². The normalized spacial score (nSPS) is 8.90. The maximum atomic E-state index is 4.55. The van der Waals surface area contributed by atoms with Crippen LogP contribution in [0, 0.1) is 13.8 Å². The minimum Gasteiger partial charge on any atom is -0.258 e. The smallest absolute Gasteiger partial charge is 0.0660 e. The van der Waals surface area contributed by atoms with E-state index >= 15 is 0 Å². The molecule has 1 heteroatoms. The molecule has 0 saturated carbocycles. The summed E-state index contributed by atoms with van der Waals surface area (Å²) < 4.78 is 0. The van der Waals surface area contributed by atoms with Gasteiger partial charge in [0.1, 0.15) is 0 Å². The van der Waals surface area contributed by atoms with Gasteiger partial charge in [-0.15, -0.1) is 6.58 Å². The second-order valence-electron chi connectivity index (χ2n) is 7.32. The lowest BCUT2D eigenvalue weighted by Crippen LogP contribution is -1.87. The quantitative estimate of drug-likeness (QED) is 0.263. The van der Waals surface area contributed by atoms with Crippen molar-refractivity contribution in [2.45, 2.75) is 109 Å². The fraction of sp³-hybridized carbons (Fsp3) is 0.552. The second-order valence-corrected chi connectivity index (χ2v) is 7.32. The highest BCUT2D eigenvalue weighted by Gasteiger charge is 1.98. The van der Waals surface area contributed by atoms with E-state index in [1.54, 1.807) is 6.08 Å². The number of aryl methyl sites for hydroxylation is 1. The Morgan fingerprint density at radius 3 is 1.57 bits per heavy atom. The Labute approximate surface area is 191 Å². The van der Waals surface area contributed by atoms with Crippen LogP contribution in [-0.4, -0.2) is 5.71 Å². The zero-order chi connectivity index (χ0) is 24.5. The molecule has 1 nitrogen and oxygen atoms in total. The third kappa shape index (κ3) is 28.3. The summed E-state index contributed by atoms with van der Waals surface area (Å²) in [6.07, 6.45) is 9.65. The zero-order valence-electron chi connectivity index (χ0n) is 22.7. The lowest BCUT2D eigenvalue weighted by Gasteiger charge is -2.04. The zero-order valence-corrected chi connectivity index (χ0v) is 22.7. The van der Waals surface area contributed by atoms with E-state index in [-0.39, 0.29) is 0 Å². The van der Waals surface area contributed by atoms with Crippen molar-refractivity contribution in [2.24, 2.45) is 4.99 Å². The maximum absolute atomic E-state index is 4.55. The van der Waals surface area contributed by atoms with Crippen molar-refractivity contribution in [2.75, 3.05) is 0 Å². The van der Waals surface area contributed by atoms with E-state index in [4.69, 9.17) is 0 Å². The Bertz CT molecular complexity index is 575. The van der Waals surface area contributed by atoms with Crippen molar-refractivity contribution < 1.29 is 0 Å². The average Bonchev–Trinajstić information content (AvgIpc) is 2.72. The molecule has 0 atom stereocenters. The summed E-state index contributed by atoms with van der Waals surface area (Å²) in [7, 11) is 0. The number of allylic oxidation sites excluding steroid dienone is 5. The number of hydrogen-bond acceptors (Lipinski definition) is 1. The Balaban J connectivity index is -0.000000170. The molecule has 0 aliphatic rings. The molecule has 1 aromatic carbocycles. The molecule has 0 saturated heterocycles. The van der Waals surface area contributed by atoms with E-state index in [9.17, 15) is 0 Å². The summed E-state index contributed by atoms with van der Waals surface area (Å²) in [4.78, 5) is 4.55. The lowest BCUT2D eigenvalue weighted by atomic mass is 10.1. The predicted octanol–water partition coefficient (Wildman–Crippen LogP) is 10.7. The van der Waals surface area contributed by atoms with Crippen LogP contribution in [0.1, 0.15) is 107 Å². The van der Waals surface area contributed by atoms with Crippen LogP contribution in [0.5, 0.6) is 0 Å². The van der Waals surface area contributed by atoms with Gasteiger partial charge in [0.25, 0.3) is 0 Å². The van der Waals surface area contributed by atoms with Gasteiger partial charge >= 0.3 is 0 Å². The molecule has 0 N–H and O–H groups in total. The average molecular weight is 416 g/mol. The molecule has 1 rings (SSSR count). The minimum absolute atomic E-state index is 1.02. The molecule has 0 spiro atoms. The SMILES string of the molecule is C=CC.CC.CC(C)=CC=C(C)C.CCC(C)=Nc1cccc(C)c1C.CCCC. The molecule has 174 valence electrons. The first kappa shape index (κ1) is 35.5. The molecular formula is C29H53N. The van der Waals surface area contributed by atoms with E-state index in [1.165, 1.54) is 40.8 Å². The van der Waals surface area contributed by atoms with Crippen LogP contribution in [0.4, 0.5) is 5.69 Å². The van der Waals surface area contributed by atoms with E-state index < -0.39 is 0 Å². The van der Waals surface area contributed by atoms with Gasteiger partial charge in [0.05, 0.1) is 5.69 Å². The van der Waals surface area contributed by atoms with Crippen molar-refractivity contribution in [3.63, 3.8) is 0 Å². The summed E-state index contributed by atoms with van der Waals surface area (Å²) in [5.41, 5.74) is 7.60. The predicted molar refractivity (Wildman–Crippen MR) is 146 cm³/mol. The molecule has 0 fully saturated rings. The van der Waals surface area contributed by atoms with Crippen molar-refractivity contribution >= 4 is 11.4 Å². The molecule has 0 bridgehead atoms. The van der Waals surface area contributed by atoms with Crippen LogP contribution < -0.4 is 0 Å². The fourth-order valence-corrected chi connectivity index (χ4v) is 1.47. The maximum Gasteiger partial charge on any atom is 0.0660 e. The van der Waals surface area contributed by atoms with Gasteiger partial charge in [-0.2, -0.15) is 0 Å². The molecular weight excluding hydrogens is 362 g/mol. The topological polar surface area (TPSA) is 12.4 Å². The van der Waals surface area contributed by atoms with E-state index in [1.807, 2.05) is 20.8 Å². The molecule has 0 unspecified atom stereocenters. The van der Waals surface area contributed by atoms with Gasteiger partial charge < -0.3 is 0 Å². The van der Waals surface area contributed by atoms with Crippen LogP contribution in [-0.2, 0) is 0 Å². The van der Waals surface area contributed by atoms with Gasteiger partial charge in [0, 0.05) is 5.71 Å². The van der Waals surface area contributed by atoms with Crippen LogP contribution in [0.25, 0.3) is 0 Å². The lowest BCUT2D eigenvalue weighted by molar-refractivity contribution is 0.886. The Morgan fingerprint density at radius 1 is 0.867 bits per heavy atom. The standard InChI is InChI=1S/C12H17N.C8H14.C4H10.C3H6.C2H6/c1-5-10(3)13-12-8-6-7-9(2)11(12)4;1-7(2)5-6-8(3)4;1-3-4-2;1-3-2;1-2/h6-8H,5H2,1-4H3;5-6H,1-4H3;3-4H2,1-2H3;3H,1H2,2H3;1-2H3. The Hall–Kier alpha value is -1.89. The summed E-state index contributed by atoms with van der Waals surface area (Å²) >= 11 is 0. The highest BCUT2D eigenvalue weighted by atomic mass is 14.7. The van der Waals surface area contributed by atoms with Crippen LogP contribution in [0.15, 0.2) is 59.1 Å². The summed E-state index contributed by atoms with van der Waals surface area (Å²) in [6, 6.07) is 6.25. The van der Waals surface area contributed by atoms with Gasteiger partial charge in [0.2, 0.25) is 0 Å². The Kier molecular flexibility index (Phi) is 32.1. The van der Waals surface area contributed by atoms with Gasteiger partial charge in [-0.25, -0.2) is 0 Å². The van der Waals surface area contributed by atoms with Crippen molar-refractivity contribution in [1.29, 1.82) is 0 Å². The van der Waals surface area contributed by atoms with Crippen LogP contribution >= 0.6 is 0 Å². The van der Waals surface area contributed by atoms with Gasteiger partial charge in [-0.05, 0) is 79.0 Å². The molecule has 30 heavy (non-hydrogen) atoms.